The normalized spacial score (nSPS) is 17.9. The summed E-state index contributed by atoms with van der Waals surface area (Å²) in [6.07, 6.45) is 5.86. The number of benzene rings is 1. The lowest BCUT2D eigenvalue weighted by atomic mass is 9.79. The van der Waals surface area contributed by atoms with Crippen molar-refractivity contribution in [1.29, 1.82) is 0 Å². The number of allylic oxidation sites excluding steroid dienone is 2. The van der Waals surface area contributed by atoms with Crippen LogP contribution in [0.15, 0.2) is 42.5 Å². The van der Waals surface area contributed by atoms with E-state index < -0.39 is 11.4 Å². The lowest BCUT2D eigenvalue weighted by Gasteiger charge is -2.23. The molecule has 1 aromatic rings. The average molecular weight is 202 g/mol. The van der Waals surface area contributed by atoms with Crippen LogP contribution in [0.1, 0.15) is 18.4 Å². The van der Waals surface area contributed by atoms with Crippen LogP contribution >= 0.6 is 0 Å². The van der Waals surface area contributed by atoms with Crippen LogP contribution in [-0.4, -0.2) is 11.1 Å². The third kappa shape index (κ3) is 1.94. The van der Waals surface area contributed by atoms with Crippen molar-refractivity contribution in [2.45, 2.75) is 19.3 Å². The second-order valence-electron chi connectivity index (χ2n) is 4.13. The molecule has 0 bridgehead atoms. The summed E-state index contributed by atoms with van der Waals surface area (Å²) in [5.41, 5.74) is 0.505. The Balaban J connectivity index is 2.19. The minimum absolute atomic E-state index is 0.596. The van der Waals surface area contributed by atoms with Crippen molar-refractivity contribution < 1.29 is 9.90 Å². The van der Waals surface area contributed by atoms with E-state index in [4.69, 9.17) is 0 Å². The Hall–Kier alpha value is -1.57. The average Bonchev–Trinajstić information content (AvgIpc) is 2.69. The van der Waals surface area contributed by atoms with E-state index in [1.54, 1.807) is 0 Å². The topological polar surface area (TPSA) is 37.3 Å². The van der Waals surface area contributed by atoms with Crippen molar-refractivity contribution in [2.24, 2.45) is 5.41 Å². The quantitative estimate of drug-likeness (QED) is 0.765. The van der Waals surface area contributed by atoms with Gasteiger partial charge in [0.05, 0.1) is 5.41 Å². The van der Waals surface area contributed by atoms with Crippen molar-refractivity contribution >= 4 is 5.97 Å². The van der Waals surface area contributed by atoms with Gasteiger partial charge in [0.2, 0.25) is 0 Å². The zero-order valence-electron chi connectivity index (χ0n) is 8.52. The predicted molar refractivity (Wildman–Crippen MR) is 58.6 cm³/mol. The highest BCUT2D eigenvalue weighted by atomic mass is 16.4. The lowest BCUT2D eigenvalue weighted by Crippen LogP contribution is -2.30. The molecular weight excluding hydrogens is 188 g/mol. The van der Waals surface area contributed by atoms with Crippen LogP contribution in [0.5, 0.6) is 0 Å². The maximum absolute atomic E-state index is 11.3. The number of hydrogen-bond acceptors (Lipinski definition) is 1. The fourth-order valence-electron chi connectivity index (χ4n) is 2.08. The minimum atomic E-state index is -0.684. The summed E-state index contributed by atoms with van der Waals surface area (Å²) in [6.45, 7) is 0. The third-order valence-corrected chi connectivity index (χ3v) is 3.02. The van der Waals surface area contributed by atoms with Crippen LogP contribution in [0.2, 0.25) is 0 Å². The van der Waals surface area contributed by atoms with Crippen LogP contribution in [0, 0.1) is 5.41 Å². The van der Waals surface area contributed by atoms with E-state index in [1.165, 1.54) is 0 Å². The highest BCUT2D eigenvalue weighted by Crippen LogP contribution is 2.36. The van der Waals surface area contributed by atoms with Crippen molar-refractivity contribution in [3.63, 3.8) is 0 Å². The summed E-state index contributed by atoms with van der Waals surface area (Å²) < 4.78 is 0. The molecule has 0 saturated heterocycles. The molecule has 0 amide bonds. The zero-order valence-corrected chi connectivity index (χ0v) is 8.52. The van der Waals surface area contributed by atoms with E-state index in [1.807, 2.05) is 42.5 Å². The van der Waals surface area contributed by atoms with E-state index in [9.17, 15) is 9.90 Å². The summed E-state index contributed by atoms with van der Waals surface area (Å²) in [7, 11) is 0. The molecule has 78 valence electrons. The molecule has 0 unspecified atom stereocenters. The fourth-order valence-corrected chi connectivity index (χ4v) is 2.08. The molecule has 1 aliphatic carbocycles. The number of carboxylic acid groups (broad SMARTS) is 1. The van der Waals surface area contributed by atoms with Gasteiger partial charge in [-0.1, -0.05) is 42.5 Å². The third-order valence-electron chi connectivity index (χ3n) is 3.02. The second kappa shape index (κ2) is 3.89. The molecule has 1 N–H and O–H groups in total. The van der Waals surface area contributed by atoms with Gasteiger partial charge in [-0.2, -0.15) is 0 Å². The number of carboxylic acids is 1. The van der Waals surface area contributed by atoms with Gasteiger partial charge in [-0.3, -0.25) is 4.79 Å². The molecule has 2 rings (SSSR count). The molecule has 0 spiro atoms. The molecule has 0 aromatic heterocycles. The van der Waals surface area contributed by atoms with Gasteiger partial charge < -0.3 is 5.11 Å². The molecule has 0 fully saturated rings. The summed E-state index contributed by atoms with van der Waals surface area (Å²) >= 11 is 0. The highest BCUT2D eigenvalue weighted by Gasteiger charge is 2.38. The van der Waals surface area contributed by atoms with Gasteiger partial charge in [0, 0.05) is 0 Å². The lowest BCUT2D eigenvalue weighted by molar-refractivity contribution is -0.148. The second-order valence-corrected chi connectivity index (χ2v) is 4.13. The van der Waals surface area contributed by atoms with E-state index in [0.29, 0.717) is 19.3 Å². The molecule has 2 heteroatoms. The van der Waals surface area contributed by atoms with Crippen molar-refractivity contribution in [3.05, 3.63) is 48.0 Å². The molecule has 0 atom stereocenters. The monoisotopic (exact) mass is 202 g/mol. The van der Waals surface area contributed by atoms with Gasteiger partial charge in [-0.05, 0) is 24.8 Å². The maximum atomic E-state index is 11.3. The Morgan fingerprint density at radius 2 is 1.80 bits per heavy atom. The van der Waals surface area contributed by atoms with Gasteiger partial charge in [0.1, 0.15) is 0 Å². The van der Waals surface area contributed by atoms with Gasteiger partial charge in [-0.15, -0.1) is 0 Å². The summed E-state index contributed by atoms with van der Waals surface area (Å²) in [5.74, 6) is -0.684. The van der Waals surface area contributed by atoms with Gasteiger partial charge in [0.25, 0.3) is 0 Å². The Kier molecular flexibility index (Phi) is 2.58. The van der Waals surface area contributed by atoms with E-state index in [0.717, 1.165) is 5.56 Å². The van der Waals surface area contributed by atoms with Gasteiger partial charge >= 0.3 is 5.97 Å². The van der Waals surface area contributed by atoms with Crippen molar-refractivity contribution in [2.75, 3.05) is 0 Å². The first-order valence-electron chi connectivity index (χ1n) is 5.15. The molecule has 0 radical (unpaired) electrons. The van der Waals surface area contributed by atoms with Crippen LogP contribution in [0.3, 0.4) is 0 Å². The van der Waals surface area contributed by atoms with Crippen LogP contribution in [0.25, 0.3) is 0 Å². The highest BCUT2D eigenvalue weighted by molar-refractivity contribution is 5.76. The smallest absolute Gasteiger partial charge is 0.310 e. The first kappa shape index (κ1) is 9.97. The Labute approximate surface area is 89.2 Å². The molecule has 2 nitrogen and oxygen atoms in total. The molecule has 1 aromatic carbocycles. The number of rotatable bonds is 3. The summed E-state index contributed by atoms with van der Waals surface area (Å²) in [6, 6.07) is 9.83. The van der Waals surface area contributed by atoms with Crippen LogP contribution in [0.4, 0.5) is 0 Å². The molecule has 0 heterocycles. The van der Waals surface area contributed by atoms with Crippen LogP contribution < -0.4 is 0 Å². The first-order chi connectivity index (χ1) is 7.23. The van der Waals surface area contributed by atoms with E-state index >= 15 is 0 Å². The molecule has 0 saturated carbocycles. The summed E-state index contributed by atoms with van der Waals surface area (Å²) in [5, 5.41) is 9.29. The SMILES string of the molecule is O=C(O)C1(Cc2ccccc2)CC=CC1. The largest absolute Gasteiger partial charge is 0.481 e. The minimum Gasteiger partial charge on any atom is -0.481 e. The Morgan fingerprint density at radius 3 is 2.33 bits per heavy atom. The maximum Gasteiger partial charge on any atom is 0.310 e. The number of hydrogen-bond donors (Lipinski definition) is 1. The van der Waals surface area contributed by atoms with E-state index in [-0.39, 0.29) is 0 Å². The molecule has 1 aliphatic rings. The van der Waals surface area contributed by atoms with Gasteiger partial charge in [-0.25, -0.2) is 0 Å². The standard InChI is InChI=1S/C13H14O2/c14-12(15)13(8-4-5-9-13)10-11-6-2-1-3-7-11/h1-7H,8-10H2,(H,14,15). The Bertz CT molecular complexity index is 371. The summed E-state index contributed by atoms with van der Waals surface area (Å²) in [4.78, 5) is 11.3. The number of carbonyl (C=O) groups is 1. The predicted octanol–water partition coefficient (Wildman–Crippen LogP) is 2.65. The van der Waals surface area contributed by atoms with Crippen molar-refractivity contribution in [3.8, 4) is 0 Å². The van der Waals surface area contributed by atoms with Crippen molar-refractivity contribution in [1.82, 2.24) is 0 Å². The first-order valence-corrected chi connectivity index (χ1v) is 5.15. The van der Waals surface area contributed by atoms with Gasteiger partial charge in [0.15, 0.2) is 0 Å². The zero-order chi connectivity index (χ0) is 10.7. The van der Waals surface area contributed by atoms with Crippen LogP contribution in [-0.2, 0) is 11.2 Å². The molecular formula is C13H14O2. The number of aliphatic carboxylic acids is 1. The van der Waals surface area contributed by atoms with E-state index in [2.05, 4.69) is 0 Å². The molecule has 15 heavy (non-hydrogen) atoms. The fraction of sp³-hybridized carbons (Fsp3) is 0.308. The molecule has 0 aliphatic heterocycles. The Morgan fingerprint density at radius 1 is 1.20 bits per heavy atom.